The number of nitrogens with zero attached hydrogens (tertiary/aromatic N) is 6. The fourth-order valence-corrected chi connectivity index (χ4v) is 3.52. The van der Waals surface area contributed by atoms with E-state index in [1.165, 1.54) is 22.5 Å². The third-order valence-electron chi connectivity index (χ3n) is 5.07. The number of oxazole rings is 1. The van der Waals surface area contributed by atoms with Crippen molar-refractivity contribution in [2.24, 2.45) is 7.05 Å². The smallest absolute Gasteiger partial charge is 0.247 e. The fourth-order valence-electron chi connectivity index (χ4n) is 3.52. The molecule has 0 aromatic carbocycles. The lowest BCUT2D eigenvalue weighted by molar-refractivity contribution is 0.242. The van der Waals surface area contributed by atoms with E-state index in [9.17, 15) is 0 Å². The second kappa shape index (κ2) is 6.15. The number of hydrogen-bond donors (Lipinski definition) is 0. The highest BCUT2D eigenvalue weighted by molar-refractivity contribution is 5.55. The van der Waals surface area contributed by atoms with Crippen molar-refractivity contribution in [2.45, 2.75) is 46.8 Å². The van der Waals surface area contributed by atoms with Crippen molar-refractivity contribution in [1.29, 1.82) is 0 Å². The Morgan fingerprint density at radius 2 is 2.08 bits per heavy atom. The topological polar surface area (TPSA) is 64.9 Å². The van der Waals surface area contributed by atoms with Crippen LogP contribution >= 0.6 is 0 Å². The Balaban J connectivity index is 1.65. The average molecular weight is 340 g/mol. The zero-order valence-corrected chi connectivity index (χ0v) is 15.3. The molecule has 0 aliphatic carbocycles. The highest BCUT2D eigenvalue weighted by Crippen LogP contribution is 2.30. The van der Waals surface area contributed by atoms with Crippen LogP contribution in [0.4, 0.5) is 0 Å². The molecule has 3 aromatic rings. The molecule has 0 amide bonds. The Labute approximate surface area is 147 Å². The highest BCUT2D eigenvalue weighted by Gasteiger charge is 2.27. The lowest BCUT2D eigenvalue weighted by Crippen LogP contribution is -2.31. The predicted molar refractivity (Wildman–Crippen MR) is 93.9 cm³/mol. The molecule has 4 heterocycles. The van der Waals surface area contributed by atoms with Crippen LogP contribution in [0.25, 0.3) is 11.6 Å². The standard InChI is InChI=1S/C18H24N6O/c1-5-24-16-6-7-23(10-14-9-20-22(4)13(14)3)11-15(16)17(21-24)18-19-8-12(2)25-18/h8-9H,5-7,10-11H2,1-4H3. The molecular weight excluding hydrogens is 316 g/mol. The van der Waals surface area contributed by atoms with Gasteiger partial charge >= 0.3 is 0 Å². The van der Waals surface area contributed by atoms with E-state index in [0.29, 0.717) is 5.89 Å². The van der Waals surface area contributed by atoms with Gasteiger partial charge in [-0.2, -0.15) is 10.2 Å². The molecule has 1 aliphatic rings. The summed E-state index contributed by atoms with van der Waals surface area (Å²) >= 11 is 0. The summed E-state index contributed by atoms with van der Waals surface area (Å²) in [6.07, 6.45) is 4.72. The van der Waals surface area contributed by atoms with Gasteiger partial charge in [-0.1, -0.05) is 0 Å². The van der Waals surface area contributed by atoms with Gasteiger partial charge in [0.1, 0.15) is 5.76 Å². The molecule has 132 valence electrons. The number of fused-ring (bicyclic) bond motifs is 1. The number of aromatic nitrogens is 5. The average Bonchev–Trinajstić information content (AvgIpc) is 3.28. The van der Waals surface area contributed by atoms with E-state index < -0.39 is 0 Å². The molecule has 25 heavy (non-hydrogen) atoms. The maximum atomic E-state index is 5.75. The van der Waals surface area contributed by atoms with Gasteiger partial charge in [-0.15, -0.1) is 0 Å². The monoisotopic (exact) mass is 340 g/mol. The number of aryl methyl sites for hydroxylation is 3. The molecular formula is C18H24N6O. The SMILES string of the molecule is CCn1nc(-c2ncc(C)o2)c2c1CCN(Cc1cnn(C)c1C)C2. The molecule has 4 rings (SSSR count). The third-order valence-corrected chi connectivity index (χ3v) is 5.07. The zero-order valence-electron chi connectivity index (χ0n) is 15.3. The van der Waals surface area contributed by atoms with Crippen LogP contribution in [0.3, 0.4) is 0 Å². The second-order valence-corrected chi connectivity index (χ2v) is 6.71. The van der Waals surface area contributed by atoms with Crippen LogP contribution in [0.5, 0.6) is 0 Å². The molecule has 7 heteroatoms. The van der Waals surface area contributed by atoms with Gasteiger partial charge in [-0.05, 0) is 20.8 Å². The van der Waals surface area contributed by atoms with E-state index in [2.05, 4.69) is 33.5 Å². The molecule has 0 atom stereocenters. The summed E-state index contributed by atoms with van der Waals surface area (Å²) in [4.78, 5) is 6.85. The predicted octanol–water partition coefficient (Wildman–Crippen LogP) is 2.47. The minimum atomic E-state index is 0.625. The second-order valence-electron chi connectivity index (χ2n) is 6.71. The molecule has 0 fully saturated rings. The van der Waals surface area contributed by atoms with Crippen LogP contribution in [0.1, 0.15) is 35.2 Å². The molecule has 3 aromatic heterocycles. The van der Waals surface area contributed by atoms with Gasteiger partial charge in [0.2, 0.25) is 5.89 Å². The van der Waals surface area contributed by atoms with Crippen molar-refractivity contribution in [3.8, 4) is 11.6 Å². The van der Waals surface area contributed by atoms with Crippen LogP contribution < -0.4 is 0 Å². The van der Waals surface area contributed by atoms with Crippen molar-refractivity contribution in [3.63, 3.8) is 0 Å². The van der Waals surface area contributed by atoms with E-state index in [1.54, 1.807) is 6.20 Å². The van der Waals surface area contributed by atoms with Crippen molar-refractivity contribution in [1.82, 2.24) is 29.4 Å². The summed E-state index contributed by atoms with van der Waals surface area (Å²) in [5.74, 6) is 1.44. The maximum Gasteiger partial charge on any atom is 0.247 e. The Morgan fingerprint density at radius 1 is 1.24 bits per heavy atom. The Morgan fingerprint density at radius 3 is 2.72 bits per heavy atom. The molecule has 0 spiro atoms. The van der Waals surface area contributed by atoms with Crippen molar-refractivity contribution >= 4 is 0 Å². The van der Waals surface area contributed by atoms with Crippen LogP contribution in [0, 0.1) is 13.8 Å². The van der Waals surface area contributed by atoms with Crippen molar-refractivity contribution < 1.29 is 4.42 Å². The van der Waals surface area contributed by atoms with Crippen molar-refractivity contribution in [3.05, 3.63) is 40.7 Å². The van der Waals surface area contributed by atoms with E-state index in [4.69, 9.17) is 9.52 Å². The summed E-state index contributed by atoms with van der Waals surface area (Å²) in [6, 6.07) is 0. The van der Waals surface area contributed by atoms with E-state index in [0.717, 1.165) is 44.1 Å². The quantitative estimate of drug-likeness (QED) is 0.730. The van der Waals surface area contributed by atoms with E-state index in [-0.39, 0.29) is 0 Å². The fraction of sp³-hybridized carbons (Fsp3) is 0.500. The zero-order chi connectivity index (χ0) is 17.6. The molecule has 0 N–H and O–H groups in total. The lowest BCUT2D eigenvalue weighted by Gasteiger charge is -2.27. The van der Waals surface area contributed by atoms with Gasteiger partial charge in [-0.3, -0.25) is 14.3 Å². The van der Waals surface area contributed by atoms with E-state index >= 15 is 0 Å². The molecule has 0 radical (unpaired) electrons. The minimum absolute atomic E-state index is 0.625. The van der Waals surface area contributed by atoms with Gasteiger partial charge in [0, 0.05) is 62.2 Å². The molecule has 0 saturated heterocycles. The summed E-state index contributed by atoms with van der Waals surface area (Å²) < 4.78 is 9.78. The van der Waals surface area contributed by atoms with Gasteiger partial charge in [0.05, 0.1) is 12.4 Å². The van der Waals surface area contributed by atoms with Crippen LogP contribution in [0.2, 0.25) is 0 Å². The van der Waals surface area contributed by atoms with Gasteiger partial charge in [-0.25, -0.2) is 4.98 Å². The summed E-state index contributed by atoms with van der Waals surface area (Å²) in [5, 5.41) is 9.13. The first-order valence-corrected chi connectivity index (χ1v) is 8.78. The first kappa shape index (κ1) is 16.1. The Hall–Kier alpha value is -2.41. The minimum Gasteiger partial charge on any atom is -0.440 e. The number of rotatable bonds is 4. The maximum absolute atomic E-state index is 5.75. The lowest BCUT2D eigenvalue weighted by atomic mass is 10.0. The van der Waals surface area contributed by atoms with Crippen LogP contribution in [-0.2, 0) is 33.1 Å². The van der Waals surface area contributed by atoms with Gasteiger partial charge < -0.3 is 4.42 Å². The summed E-state index contributed by atoms with van der Waals surface area (Å²) in [6.45, 7) is 9.82. The molecule has 0 unspecified atom stereocenters. The summed E-state index contributed by atoms with van der Waals surface area (Å²) in [7, 11) is 1.99. The Bertz CT molecular complexity index is 903. The summed E-state index contributed by atoms with van der Waals surface area (Å²) in [5.41, 5.74) is 5.95. The van der Waals surface area contributed by atoms with Crippen LogP contribution in [0.15, 0.2) is 16.8 Å². The molecule has 0 saturated carbocycles. The first-order chi connectivity index (χ1) is 12.1. The van der Waals surface area contributed by atoms with Gasteiger partial charge in [0.15, 0.2) is 5.69 Å². The van der Waals surface area contributed by atoms with Crippen LogP contribution in [-0.4, -0.2) is 36.0 Å². The Kier molecular flexibility index (Phi) is 3.95. The molecule has 1 aliphatic heterocycles. The molecule has 7 nitrogen and oxygen atoms in total. The number of hydrogen-bond acceptors (Lipinski definition) is 5. The molecule has 0 bridgehead atoms. The van der Waals surface area contributed by atoms with Gasteiger partial charge in [0.25, 0.3) is 0 Å². The largest absolute Gasteiger partial charge is 0.440 e. The van der Waals surface area contributed by atoms with E-state index in [1.807, 2.05) is 24.9 Å². The van der Waals surface area contributed by atoms with Crippen molar-refractivity contribution in [2.75, 3.05) is 6.54 Å². The first-order valence-electron chi connectivity index (χ1n) is 8.78. The normalized spacial score (nSPS) is 14.9. The highest BCUT2D eigenvalue weighted by atomic mass is 16.4. The third kappa shape index (κ3) is 2.78.